The number of benzene rings is 1. The Labute approximate surface area is 135 Å². The zero-order chi connectivity index (χ0) is 16.9. The second-order valence-electron chi connectivity index (χ2n) is 6.03. The number of anilines is 1. The molecule has 0 aromatic heterocycles. The normalized spacial score (nSPS) is 12.9. The first kappa shape index (κ1) is 16.7. The van der Waals surface area contributed by atoms with E-state index in [0.717, 1.165) is 5.56 Å². The number of nitrogens with one attached hydrogen (secondary N) is 2. The van der Waals surface area contributed by atoms with Gasteiger partial charge < -0.3 is 20.1 Å². The molecule has 6 heteroatoms. The van der Waals surface area contributed by atoms with Crippen molar-refractivity contribution in [1.29, 1.82) is 0 Å². The van der Waals surface area contributed by atoms with Gasteiger partial charge in [0.05, 0.1) is 5.69 Å². The van der Waals surface area contributed by atoms with E-state index in [-0.39, 0.29) is 12.5 Å². The van der Waals surface area contributed by atoms with Crippen LogP contribution in [0.4, 0.5) is 10.5 Å². The van der Waals surface area contributed by atoms with Gasteiger partial charge in [-0.2, -0.15) is 0 Å². The molecule has 0 bridgehead atoms. The molecule has 0 aliphatic carbocycles. The van der Waals surface area contributed by atoms with Crippen LogP contribution in [0.1, 0.15) is 32.8 Å². The predicted octanol–water partition coefficient (Wildman–Crippen LogP) is 2.28. The van der Waals surface area contributed by atoms with Crippen molar-refractivity contribution in [3.63, 3.8) is 0 Å². The van der Waals surface area contributed by atoms with E-state index >= 15 is 0 Å². The number of rotatable bonds is 2. The molecule has 0 spiro atoms. The molecular formula is C17H20N2O4. The third kappa shape index (κ3) is 5.55. The Balaban J connectivity index is 1.82. The molecule has 1 heterocycles. The van der Waals surface area contributed by atoms with Gasteiger partial charge in [0.15, 0.2) is 6.61 Å². The monoisotopic (exact) mass is 316 g/mol. The summed E-state index contributed by atoms with van der Waals surface area (Å²) in [6, 6.07) is 5.36. The van der Waals surface area contributed by atoms with E-state index in [1.54, 1.807) is 12.1 Å². The van der Waals surface area contributed by atoms with Crippen molar-refractivity contribution in [2.75, 3.05) is 18.5 Å². The SMILES string of the molecule is CC(C)(C)OC(=O)NCCC#Cc1ccc2c(c1)NC(=O)CO2. The summed E-state index contributed by atoms with van der Waals surface area (Å²) in [6.45, 7) is 5.88. The van der Waals surface area contributed by atoms with Gasteiger partial charge in [-0.1, -0.05) is 11.8 Å². The molecule has 1 aliphatic heterocycles. The van der Waals surface area contributed by atoms with Gasteiger partial charge in [-0.05, 0) is 39.0 Å². The average Bonchev–Trinajstić information content (AvgIpc) is 2.44. The van der Waals surface area contributed by atoms with Crippen molar-refractivity contribution in [2.45, 2.75) is 32.8 Å². The van der Waals surface area contributed by atoms with Crippen molar-refractivity contribution in [3.8, 4) is 17.6 Å². The van der Waals surface area contributed by atoms with Gasteiger partial charge in [-0.15, -0.1) is 0 Å². The number of hydrogen-bond acceptors (Lipinski definition) is 4. The maximum absolute atomic E-state index is 11.4. The number of ether oxygens (including phenoxy) is 2. The molecule has 0 atom stereocenters. The number of fused-ring (bicyclic) bond motifs is 1. The van der Waals surface area contributed by atoms with Gasteiger partial charge in [0.25, 0.3) is 5.91 Å². The summed E-state index contributed by atoms with van der Waals surface area (Å²) in [5.74, 6) is 6.41. The third-order valence-electron chi connectivity index (χ3n) is 2.76. The average molecular weight is 316 g/mol. The summed E-state index contributed by atoms with van der Waals surface area (Å²) in [7, 11) is 0. The number of alkyl carbamates (subject to hydrolysis) is 1. The molecule has 23 heavy (non-hydrogen) atoms. The van der Waals surface area contributed by atoms with E-state index in [1.807, 2.05) is 26.8 Å². The molecule has 0 saturated carbocycles. The van der Waals surface area contributed by atoms with Gasteiger partial charge in [0.1, 0.15) is 11.4 Å². The molecule has 6 nitrogen and oxygen atoms in total. The smallest absolute Gasteiger partial charge is 0.407 e. The van der Waals surface area contributed by atoms with Crippen molar-refractivity contribution in [1.82, 2.24) is 5.32 Å². The van der Waals surface area contributed by atoms with Crippen LogP contribution in [-0.2, 0) is 9.53 Å². The minimum atomic E-state index is -0.509. The summed E-state index contributed by atoms with van der Waals surface area (Å²) >= 11 is 0. The fourth-order valence-corrected chi connectivity index (χ4v) is 1.87. The van der Waals surface area contributed by atoms with Crippen molar-refractivity contribution in [3.05, 3.63) is 23.8 Å². The topological polar surface area (TPSA) is 76.7 Å². The van der Waals surface area contributed by atoms with Gasteiger partial charge >= 0.3 is 6.09 Å². The summed E-state index contributed by atoms with van der Waals surface area (Å²) in [5, 5.41) is 5.37. The minimum absolute atomic E-state index is 0.0361. The number of amides is 2. The van der Waals surface area contributed by atoms with Crippen LogP contribution in [0, 0.1) is 11.8 Å². The van der Waals surface area contributed by atoms with E-state index in [9.17, 15) is 9.59 Å². The van der Waals surface area contributed by atoms with Gasteiger partial charge in [-0.25, -0.2) is 4.79 Å². The second-order valence-corrected chi connectivity index (χ2v) is 6.03. The molecule has 2 rings (SSSR count). The van der Waals surface area contributed by atoms with Crippen LogP contribution >= 0.6 is 0 Å². The first-order valence-electron chi connectivity index (χ1n) is 7.36. The highest BCUT2D eigenvalue weighted by Gasteiger charge is 2.16. The Hall–Kier alpha value is -2.68. The summed E-state index contributed by atoms with van der Waals surface area (Å²) < 4.78 is 10.4. The maximum Gasteiger partial charge on any atom is 0.407 e. The molecule has 122 valence electrons. The predicted molar refractivity (Wildman–Crippen MR) is 86.3 cm³/mol. The van der Waals surface area contributed by atoms with Gasteiger partial charge in [0, 0.05) is 18.5 Å². The number of carbonyl (C=O) groups is 2. The number of hydrogen-bond donors (Lipinski definition) is 2. The standard InChI is InChI=1S/C17H20N2O4/c1-17(2,3)23-16(21)18-9-5-4-6-12-7-8-14-13(10-12)19-15(20)11-22-14/h7-8,10H,5,9,11H2,1-3H3,(H,18,21)(H,19,20). The molecule has 2 N–H and O–H groups in total. The molecule has 2 amide bonds. The van der Waals surface area contributed by atoms with Crippen LogP contribution < -0.4 is 15.4 Å². The molecule has 0 fully saturated rings. The summed E-state index contributed by atoms with van der Waals surface area (Å²) in [4.78, 5) is 22.7. The Morgan fingerprint density at radius 2 is 2.22 bits per heavy atom. The Morgan fingerprint density at radius 3 is 2.96 bits per heavy atom. The molecule has 1 aromatic rings. The highest BCUT2D eigenvalue weighted by molar-refractivity contribution is 5.95. The molecule has 1 aliphatic rings. The quantitative estimate of drug-likeness (QED) is 0.648. The zero-order valence-corrected chi connectivity index (χ0v) is 13.5. The summed E-state index contributed by atoms with van der Waals surface area (Å²) in [5.41, 5.74) is 0.887. The van der Waals surface area contributed by atoms with E-state index < -0.39 is 11.7 Å². The molecule has 0 radical (unpaired) electrons. The first-order valence-corrected chi connectivity index (χ1v) is 7.36. The van der Waals surface area contributed by atoms with E-state index in [4.69, 9.17) is 9.47 Å². The lowest BCUT2D eigenvalue weighted by atomic mass is 10.1. The van der Waals surface area contributed by atoms with Crippen LogP contribution in [-0.4, -0.2) is 30.8 Å². The number of carbonyl (C=O) groups excluding carboxylic acids is 2. The molecule has 0 saturated heterocycles. The van der Waals surface area contributed by atoms with E-state index in [0.29, 0.717) is 24.4 Å². The Kier molecular flexibility index (Phi) is 5.12. The van der Waals surface area contributed by atoms with Crippen LogP contribution in [0.25, 0.3) is 0 Å². The van der Waals surface area contributed by atoms with E-state index in [2.05, 4.69) is 22.5 Å². The van der Waals surface area contributed by atoms with Gasteiger partial charge in [0.2, 0.25) is 0 Å². The van der Waals surface area contributed by atoms with E-state index in [1.165, 1.54) is 0 Å². The minimum Gasteiger partial charge on any atom is -0.482 e. The largest absolute Gasteiger partial charge is 0.482 e. The Morgan fingerprint density at radius 1 is 1.43 bits per heavy atom. The highest BCUT2D eigenvalue weighted by Crippen LogP contribution is 2.28. The molecule has 0 unspecified atom stereocenters. The van der Waals surface area contributed by atoms with Crippen LogP contribution in [0.2, 0.25) is 0 Å². The Bertz CT molecular complexity index is 665. The third-order valence-corrected chi connectivity index (χ3v) is 2.76. The first-order chi connectivity index (χ1) is 10.8. The van der Waals surface area contributed by atoms with Crippen molar-refractivity contribution < 1.29 is 19.1 Å². The van der Waals surface area contributed by atoms with Crippen molar-refractivity contribution >= 4 is 17.7 Å². The highest BCUT2D eigenvalue weighted by atomic mass is 16.6. The fraction of sp³-hybridized carbons (Fsp3) is 0.412. The lowest BCUT2D eigenvalue weighted by Crippen LogP contribution is -2.32. The molecule has 1 aromatic carbocycles. The lowest BCUT2D eigenvalue weighted by molar-refractivity contribution is -0.118. The fourth-order valence-electron chi connectivity index (χ4n) is 1.87. The second kappa shape index (κ2) is 7.05. The molecular weight excluding hydrogens is 296 g/mol. The zero-order valence-electron chi connectivity index (χ0n) is 13.5. The lowest BCUT2D eigenvalue weighted by Gasteiger charge is -2.19. The van der Waals surface area contributed by atoms with Crippen LogP contribution in [0.5, 0.6) is 5.75 Å². The van der Waals surface area contributed by atoms with Gasteiger partial charge in [-0.3, -0.25) is 4.79 Å². The van der Waals surface area contributed by atoms with Crippen LogP contribution in [0.3, 0.4) is 0 Å². The van der Waals surface area contributed by atoms with Crippen molar-refractivity contribution in [2.24, 2.45) is 0 Å². The maximum atomic E-state index is 11.4. The summed E-state index contributed by atoms with van der Waals surface area (Å²) in [6.07, 6.45) is 0.0482. The van der Waals surface area contributed by atoms with Crippen LogP contribution in [0.15, 0.2) is 18.2 Å².